The van der Waals surface area contributed by atoms with Crippen LogP contribution in [-0.4, -0.2) is 42.0 Å². The Morgan fingerprint density at radius 2 is 2.06 bits per heavy atom. The second-order valence-electron chi connectivity index (χ2n) is 5.49. The second-order valence-corrected chi connectivity index (χ2v) is 5.49. The molecule has 3 N–H and O–H groups in total. The Morgan fingerprint density at radius 3 is 2.62 bits per heavy atom. The van der Waals surface area contributed by atoms with Gasteiger partial charge in [-0.1, -0.05) is 13.8 Å². The number of nitrogens with one attached hydrogen (secondary N) is 1. The van der Waals surface area contributed by atoms with Crippen LogP contribution in [0.15, 0.2) is 0 Å². The first-order valence-corrected chi connectivity index (χ1v) is 6.38. The van der Waals surface area contributed by atoms with E-state index in [9.17, 15) is 4.79 Å². The molecule has 92 valence electrons. The second kappa shape index (κ2) is 4.72. The van der Waals surface area contributed by atoms with Crippen LogP contribution in [0.5, 0.6) is 0 Å². The van der Waals surface area contributed by atoms with Crippen LogP contribution in [0.4, 0.5) is 0 Å². The van der Waals surface area contributed by atoms with Gasteiger partial charge < -0.3 is 11.1 Å². The van der Waals surface area contributed by atoms with Crippen molar-refractivity contribution in [2.24, 2.45) is 11.7 Å². The maximum Gasteiger partial charge on any atom is 0.237 e. The average Bonchev–Trinajstić information content (AvgIpc) is 2.99. The SMILES string of the molecule is CC(C)C(N)C(=O)NC1CCN(C2CC2)C1. The minimum Gasteiger partial charge on any atom is -0.351 e. The summed E-state index contributed by atoms with van der Waals surface area (Å²) in [5.41, 5.74) is 5.82. The first-order chi connectivity index (χ1) is 7.58. The summed E-state index contributed by atoms with van der Waals surface area (Å²) in [7, 11) is 0. The molecule has 4 heteroatoms. The van der Waals surface area contributed by atoms with Gasteiger partial charge in [0.05, 0.1) is 6.04 Å². The third-order valence-corrected chi connectivity index (χ3v) is 3.65. The van der Waals surface area contributed by atoms with Crippen LogP contribution in [0.3, 0.4) is 0 Å². The van der Waals surface area contributed by atoms with Crippen LogP contribution in [0.2, 0.25) is 0 Å². The highest BCUT2D eigenvalue weighted by molar-refractivity contribution is 5.82. The van der Waals surface area contributed by atoms with E-state index in [1.54, 1.807) is 0 Å². The van der Waals surface area contributed by atoms with E-state index in [0.717, 1.165) is 25.6 Å². The van der Waals surface area contributed by atoms with Crippen molar-refractivity contribution in [1.29, 1.82) is 0 Å². The van der Waals surface area contributed by atoms with Gasteiger partial charge in [0.15, 0.2) is 0 Å². The van der Waals surface area contributed by atoms with Crippen LogP contribution in [0.25, 0.3) is 0 Å². The summed E-state index contributed by atoms with van der Waals surface area (Å²) < 4.78 is 0. The minimum atomic E-state index is -0.366. The Balaban J connectivity index is 1.75. The van der Waals surface area contributed by atoms with Gasteiger partial charge in [0.2, 0.25) is 5.91 Å². The van der Waals surface area contributed by atoms with Crippen molar-refractivity contribution in [3.63, 3.8) is 0 Å². The van der Waals surface area contributed by atoms with Gasteiger partial charge in [-0.3, -0.25) is 9.69 Å². The van der Waals surface area contributed by atoms with E-state index in [-0.39, 0.29) is 17.9 Å². The Kier molecular flexibility index (Phi) is 3.50. The summed E-state index contributed by atoms with van der Waals surface area (Å²) >= 11 is 0. The van der Waals surface area contributed by atoms with Gasteiger partial charge in [-0.2, -0.15) is 0 Å². The highest BCUT2D eigenvalue weighted by Gasteiger charge is 2.35. The molecule has 2 fully saturated rings. The van der Waals surface area contributed by atoms with Gasteiger partial charge in [0.1, 0.15) is 0 Å². The number of carbonyl (C=O) groups is 1. The van der Waals surface area contributed by atoms with Crippen LogP contribution < -0.4 is 11.1 Å². The van der Waals surface area contributed by atoms with E-state index in [0.29, 0.717) is 6.04 Å². The normalized spacial score (nSPS) is 28.4. The maximum absolute atomic E-state index is 11.8. The molecule has 1 amide bonds. The van der Waals surface area contributed by atoms with Crippen molar-refractivity contribution in [3.8, 4) is 0 Å². The van der Waals surface area contributed by atoms with Crippen molar-refractivity contribution in [2.75, 3.05) is 13.1 Å². The number of nitrogens with zero attached hydrogens (tertiary/aromatic N) is 1. The summed E-state index contributed by atoms with van der Waals surface area (Å²) in [4.78, 5) is 14.3. The van der Waals surface area contributed by atoms with Gasteiger partial charge in [-0.25, -0.2) is 0 Å². The topological polar surface area (TPSA) is 58.4 Å². The van der Waals surface area contributed by atoms with Gasteiger partial charge in [-0.05, 0) is 25.2 Å². The zero-order valence-corrected chi connectivity index (χ0v) is 10.3. The fourth-order valence-electron chi connectivity index (χ4n) is 2.28. The van der Waals surface area contributed by atoms with Crippen LogP contribution in [-0.2, 0) is 4.79 Å². The number of likely N-dealkylation sites (tertiary alicyclic amines) is 1. The largest absolute Gasteiger partial charge is 0.351 e. The standard InChI is InChI=1S/C12H23N3O/c1-8(2)11(13)12(16)14-9-5-6-15(7-9)10-3-4-10/h8-11H,3-7,13H2,1-2H3,(H,14,16). The molecule has 0 radical (unpaired) electrons. The number of nitrogens with two attached hydrogens (primary N) is 1. The monoisotopic (exact) mass is 225 g/mol. The Bertz CT molecular complexity index is 263. The van der Waals surface area contributed by atoms with E-state index < -0.39 is 0 Å². The summed E-state index contributed by atoms with van der Waals surface area (Å²) in [6, 6.07) is 0.758. The predicted molar refractivity (Wildman–Crippen MR) is 64.0 cm³/mol. The number of amides is 1. The zero-order valence-electron chi connectivity index (χ0n) is 10.3. The molecule has 1 heterocycles. The lowest BCUT2D eigenvalue weighted by Crippen LogP contribution is -2.48. The smallest absolute Gasteiger partial charge is 0.237 e. The maximum atomic E-state index is 11.8. The number of hydrogen-bond donors (Lipinski definition) is 2. The molecular weight excluding hydrogens is 202 g/mol. The Labute approximate surface area is 97.6 Å². The van der Waals surface area contributed by atoms with Crippen molar-refractivity contribution in [2.45, 2.75) is 51.2 Å². The zero-order chi connectivity index (χ0) is 11.7. The molecule has 1 saturated heterocycles. The van der Waals surface area contributed by atoms with Crippen molar-refractivity contribution < 1.29 is 4.79 Å². The van der Waals surface area contributed by atoms with Crippen molar-refractivity contribution >= 4 is 5.91 Å². The molecule has 2 atom stereocenters. The van der Waals surface area contributed by atoms with Gasteiger partial charge in [-0.15, -0.1) is 0 Å². The van der Waals surface area contributed by atoms with Gasteiger partial charge in [0.25, 0.3) is 0 Å². The van der Waals surface area contributed by atoms with Crippen LogP contribution in [0.1, 0.15) is 33.1 Å². The number of carbonyl (C=O) groups excluding carboxylic acids is 1. The highest BCUT2D eigenvalue weighted by atomic mass is 16.2. The van der Waals surface area contributed by atoms with E-state index >= 15 is 0 Å². The first kappa shape index (κ1) is 11.9. The summed E-state index contributed by atoms with van der Waals surface area (Å²) in [6.07, 6.45) is 3.76. The van der Waals surface area contributed by atoms with E-state index in [1.165, 1.54) is 12.8 Å². The summed E-state index contributed by atoms with van der Waals surface area (Å²) in [5, 5.41) is 3.07. The molecular formula is C12H23N3O. The lowest BCUT2D eigenvalue weighted by Gasteiger charge is -2.19. The quantitative estimate of drug-likeness (QED) is 0.724. The molecule has 0 aromatic carbocycles. The number of rotatable bonds is 4. The summed E-state index contributed by atoms with van der Waals surface area (Å²) in [5.74, 6) is 0.221. The fourth-order valence-corrected chi connectivity index (χ4v) is 2.28. The van der Waals surface area contributed by atoms with Crippen LogP contribution in [0, 0.1) is 5.92 Å². The lowest BCUT2D eigenvalue weighted by molar-refractivity contribution is -0.123. The highest BCUT2D eigenvalue weighted by Crippen LogP contribution is 2.29. The molecule has 0 aromatic rings. The summed E-state index contributed by atoms with van der Waals surface area (Å²) in [6.45, 7) is 6.11. The molecule has 0 aromatic heterocycles. The molecule has 1 saturated carbocycles. The fraction of sp³-hybridized carbons (Fsp3) is 0.917. The average molecular weight is 225 g/mol. The van der Waals surface area contributed by atoms with Crippen molar-refractivity contribution in [1.82, 2.24) is 10.2 Å². The molecule has 16 heavy (non-hydrogen) atoms. The Morgan fingerprint density at radius 1 is 1.38 bits per heavy atom. The predicted octanol–water partition coefficient (Wildman–Crippen LogP) is 0.323. The molecule has 4 nitrogen and oxygen atoms in total. The molecule has 0 bridgehead atoms. The molecule has 2 rings (SSSR count). The van der Waals surface area contributed by atoms with Crippen molar-refractivity contribution in [3.05, 3.63) is 0 Å². The number of hydrogen-bond acceptors (Lipinski definition) is 3. The first-order valence-electron chi connectivity index (χ1n) is 6.38. The lowest BCUT2D eigenvalue weighted by atomic mass is 10.0. The molecule has 2 aliphatic rings. The Hall–Kier alpha value is -0.610. The van der Waals surface area contributed by atoms with E-state index in [1.807, 2.05) is 13.8 Å². The van der Waals surface area contributed by atoms with Gasteiger partial charge in [0, 0.05) is 25.2 Å². The van der Waals surface area contributed by atoms with E-state index in [2.05, 4.69) is 10.2 Å². The third-order valence-electron chi connectivity index (χ3n) is 3.65. The van der Waals surface area contributed by atoms with E-state index in [4.69, 9.17) is 5.73 Å². The molecule has 2 unspecified atom stereocenters. The third kappa shape index (κ3) is 2.74. The van der Waals surface area contributed by atoms with Crippen LogP contribution >= 0.6 is 0 Å². The molecule has 1 aliphatic heterocycles. The molecule has 0 spiro atoms. The minimum absolute atomic E-state index is 0.0117. The molecule has 1 aliphatic carbocycles. The van der Waals surface area contributed by atoms with Gasteiger partial charge >= 0.3 is 0 Å².